The average molecular weight is 410 g/mol. The normalized spacial score (nSPS) is 10.6. The highest BCUT2D eigenvalue weighted by atomic mass is 32.1. The molecule has 3 rings (SSSR count). The Labute approximate surface area is 171 Å². The Morgan fingerprint density at radius 3 is 2.45 bits per heavy atom. The van der Waals surface area contributed by atoms with Gasteiger partial charge in [0.05, 0.1) is 30.9 Å². The van der Waals surface area contributed by atoms with Crippen molar-refractivity contribution in [3.63, 3.8) is 0 Å². The van der Waals surface area contributed by atoms with Gasteiger partial charge in [0.1, 0.15) is 5.75 Å². The summed E-state index contributed by atoms with van der Waals surface area (Å²) in [6.45, 7) is 0. The third-order valence-electron chi connectivity index (χ3n) is 3.84. The lowest BCUT2D eigenvalue weighted by Crippen LogP contribution is -2.16. The van der Waals surface area contributed by atoms with Gasteiger partial charge in [-0.1, -0.05) is 6.07 Å². The topological polar surface area (TPSA) is 86.2 Å². The van der Waals surface area contributed by atoms with E-state index in [1.807, 2.05) is 5.38 Å². The van der Waals surface area contributed by atoms with Crippen LogP contribution in [0.5, 0.6) is 17.2 Å². The summed E-state index contributed by atoms with van der Waals surface area (Å²) in [5.41, 5.74) is 3.50. The molecular formula is C21H18N2O5S. The van der Waals surface area contributed by atoms with Gasteiger partial charge < -0.3 is 14.2 Å². The summed E-state index contributed by atoms with van der Waals surface area (Å²) < 4.78 is 15.8. The number of thiophene rings is 1. The Morgan fingerprint density at radius 2 is 1.79 bits per heavy atom. The van der Waals surface area contributed by atoms with E-state index < -0.39 is 5.97 Å². The average Bonchev–Trinajstić information content (AvgIpc) is 3.29. The Hall–Kier alpha value is -3.65. The van der Waals surface area contributed by atoms with Gasteiger partial charge in [-0.3, -0.25) is 4.79 Å². The lowest BCUT2D eigenvalue weighted by Gasteiger charge is -2.10. The molecule has 29 heavy (non-hydrogen) atoms. The minimum atomic E-state index is -0.518. The van der Waals surface area contributed by atoms with E-state index in [0.717, 1.165) is 0 Å². The number of benzene rings is 2. The molecule has 1 amide bonds. The van der Waals surface area contributed by atoms with Gasteiger partial charge in [0, 0.05) is 0 Å². The van der Waals surface area contributed by atoms with Crippen LogP contribution in [-0.2, 0) is 0 Å². The smallest absolute Gasteiger partial charge is 0.343 e. The van der Waals surface area contributed by atoms with Gasteiger partial charge in [0.2, 0.25) is 0 Å². The highest BCUT2D eigenvalue weighted by Gasteiger charge is 2.13. The van der Waals surface area contributed by atoms with Gasteiger partial charge in [-0.05, 0) is 59.5 Å². The molecule has 3 aromatic rings. The van der Waals surface area contributed by atoms with E-state index in [4.69, 9.17) is 14.2 Å². The molecule has 0 bridgehead atoms. The van der Waals surface area contributed by atoms with E-state index >= 15 is 0 Å². The molecule has 2 aromatic carbocycles. The van der Waals surface area contributed by atoms with Gasteiger partial charge in [0.25, 0.3) is 5.91 Å². The molecule has 0 saturated heterocycles. The van der Waals surface area contributed by atoms with E-state index in [1.54, 1.807) is 61.7 Å². The molecule has 1 heterocycles. The maximum atomic E-state index is 12.3. The minimum absolute atomic E-state index is 0.271. The standard InChI is InChI=1S/C21H18N2O5S/c1-26-16-8-6-15(7-9-16)21(25)28-17-10-5-14(12-18(17)27-2)13-22-23-20(24)19-4-3-11-29-19/h3-13H,1-2H3,(H,23,24). The Morgan fingerprint density at radius 1 is 1.00 bits per heavy atom. The van der Waals surface area contributed by atoms with Crippen LogP contribution in [0.25, 0.3) is 0 Å². The van der Waals surface area contributed by atoms with E-state index in [0.29, 0.717) is 27.5 Å². The van der Waals surface area contributed by atoms with Crippen molar-refractivity contribution in [2.45, 2.75) is 0 Å². The van der Waals surface area contributed by atoms with Crippen molar-refractivity contribution < 1.29 is 23.8 Å². The highest BCUT2D eigenvalue weighted by Crippen LogP contribution is 2.28. The zero-order chi connectivity index (χ0) is 20.6. The summed E-state index contributed by atoms with van der Waals surface area (Å²) in [5.74, 6) is 0.478. The quantitative estimate of drug-likeness (QED) is 0.277. The molecule has 0 unspecified atom stereocenters. The zero-order valence-corrected chi connectivity index (χ0v) is 16.6. The van der Waals surface area contributed by atoms with E-state index in [2.05, 4.69) is 10.5 Å². The lowest BCUT2D eigenvalue weighted by molar-refractivity contribution is 0.0729. The fourth-order valence-electron chi connectivity index (χ4n) is 2.36. The number of carbonyl (C=O) groups is 2. The number of nitrogens with zero attached hydrogens (tertiary/aromatic N) is 1. The maximum absolute atomic E-state index is 12.3. The van der Waals surface area contributed by atoms with E-state index in [9.17, 15) is 9.59 Å². The second-order valence-electron chi connectivity index (χ2n) is 5.70. The zero-order valence-electron chi connectivity index (χ0n) is 15.7. The van der Waals surface area contributed by atoms with Crippen LogP contribution in [0.1, 0.15) is 25.6 Å². The number of hydrogen-bond acceptors (Lipinski definition) is 7. The number of ether oxygens (including phenoxy) is 3. The first-order chi connectivity index (χ1) is 14.1. The van der Waals surface area contributed by atoms with Crippen molar-refractivity contribution in [3.05, 3.63) is 76.0 Å². The summed E-state index contributed by atoms with van der Waals surface area (Å²) >= 11 is 1.33. The molecule has 0 aliphatic heterocycles. The second kappa shape index (κ2) is 9.52. The Kier molecular flexibility index (Phi) is 6.59. The lowest BCUT2D eigenvalue weighted by atomic mass is 10.2. The molecule has 148 valence electrons. The van der Waals surface area contributed by atoms with Gasteiger partial charge in [0.15, 0.2) is 11.5 Å². The fraction of sp³-hybridized carbons (Fsp3) is 0.0952. The van der Waals surface area contributed by atoms with Crippen LogP contribution in [-0.4, -0.2) is 32.3 Å². The predicted molar refractivity (Wildman–Crippen MR) is 110 cm³/mol. The number of hydrazone groups is 1. The van der Waals surface area contributed by atoms with Gasteiger partial charge in [-0.15, -0.1) is 11.3 Å². The van der Waals surface area contributed by atoms with Gasteiger partial charge >= 0.3 is 5.97 Å². The first kappa shape index (κ1) is 20.1. The number of methoxy groups -OCH3 is 2. The van der Waals surface area contributed by atoms with Gasteiger partial charge in [-0.2, -0.15) is 5.10 Å². The first-order valence-electron chi connectivity index (χ1n) is 8.52. The molecule has 0 aliphatic rings. The monoisotopic (exact) mass is 410 g/mol. The number of esters is 1. The van der Waals surface area contributed by atoms with Crippen molar-refractivity contribution in [3.8, 4) is 17.2 Å². The third kappa shape index (κ3) is 5.20. The van der Waals surface area contributed by atoms with E-state index in [1.165, 1.54) is 24.7 Å². The summed E-state index contributed by atoms with van der Waals surface area (Å²) in [4.78, 5) is 24.8. The number of hydrogen-bond donors (Lipinski definition) is 1. The van der Waals surface area contributed by atoms with Crippen molar-refractivity contribution >= 4 is 29.4 Å². The molecule has 0 saturated carbocycles. The fourth-order valence-corrected chi connectivity index (χ4v) is 2.98. The molecular weight excluding hydrogens is 392 g/mol. The number of carbonyl (C=O) groups excluding carboxylic acids is 2. The summed E-state index contributed by atoms with van der Waals surface area (Å²) in [7, 11) is 3.02. The molecule has 7 nitrogen and oxygen atoms in total. The van der Waals surface area contributed by atoms with Crippen LogP contribution in [0.2, 0.25) is 0 Å². The largest absolute Gasteiger partial charge is 0.497 e. The SMILES string of the molecule is COc1ccc(C(=O)Oc2ccc(C=NNC(=O)c3cccs3)cc2OC)cc1. The molecule has 8 heteroatoms. The number of rotatable bonds is 7. The maximum Gasteiger partial charge on any atom is 0.343 e. The van der Waals surface area contributed by atoms with Crippen LogP contribution in [0.15, 0.2) is 65.1 Å². The second-order valence-corrected chi connectivity index (χ2v) is 6.65. The van der Waals surface area contributed by atoms with E-state index in [-0.39, 0.29) is 11.7 Å². The summed E-state index contributed by atoms with van der Waals surface area (Å²) in [6.07, 6.45) is 1.48. The predicted octanol–water partition coefficient (Wildman–Crippen LogP) is 3.75. The molecule has 0 spiro atoms. The van der Waals surface area contributed by atoms with Crippen molar-refractivity contribution in [2.24, 2.45) is 5.10 Å². The van der Waals surface area contributed by atoms with Gasteiger partial charge in [-0.25, -0.2) is 10.2 Å². The van der Waals surface area contributed by atoms with Crippen LogP contribution in [0.4, 0.5) is 0 Å². The van der Waals surface area contributed by atoms with Crippen LogP contribution in [0, 0.1) is 0 Å². The molecule has 1 aromatic heterocycles. The van der Waals surface area contributed by atoms with Crippen molar-refractivity contribution in [2.75, 3.05) is 14.2 Å². The highest BCUT2D eigenvalue weighted by molar-refractivity contribution is 7.12. The van der Waals surface area contributed by atoms with Crippen LogP contribution >= 0.6 is 11.3 Å². The van der Waals surface area contributed by atoms with Crippen LogP contribution in [0.3, 0.4) is 0 Å². The molecule has 1 N–H and O–H groups in total. The Balaban J connectivity index is 1.67. The number of amides is 1. The summed E-state index contributed by atoms with van der Waals surface area (Å²) in [5, 5.41) is 5.75. The first-order valence-corrected chi connectivity index (χ1v) is 9.40. The molecule has 0 atom stereocenters. The molecule has 0 fully saturated rings. The van der Waals surface area contributed by atoms with Crippen molar-refractivity contribution in [1.29, 1.82) is 0 Å². The molecule has 0 aliphatic carbocycles. The summed E-state index contributed by atoms with van der Waals surface area (Å²) in [6, 6.07) is 15.0. The number of nitrogens with one attached hydrogen (secondary N) is 1. The molecule has 0 radical (unpaired) electrons. The van der Waals surface area contributed by atoms with Crippen molar-refractivity contribution in [1.82, 2.24) is 5.43 Å². The van der Waals surface area contributed by atoms with Crippen LogP contribution < -0.4 is 19.6 Å². The minimum Gasteiger partial charge on any atom is -0.497 e. The third-order valence-corrected chi connectivity index (χ3v) is 4.71. The Bertz CT molecular complexity index is 1010.